The molecule has 6 nitrogen and oxygen atoms in total. The topological polar surface area (TPSA) is 83.6 Å². The Labute approximate surface area is 152 Å². The summed E-state index contributed by atoms with van der Waals surface area (Å²) in [6, 6.07) is 4.69. The summed E-state index contributed by atoms with van der Waals surface area (Å²) in [5.41, 5.74) is 0.550. The summed E-state index contributed by atoms with van der Waals surface area (Å²) in [7, 11) is -4.19. The molecule has 126 valence electrons. The summed E-state index contributed by atoms with van der Waals surface area (Å²) in [6.07, 6.45) is 0.428. The van der Waals surface area contributed by atoms with Crippen molar-refractivity contribution in [3.8, 4) is 0 Å². The van der Waals surface area contributed by atoms with Crippen LogP contribution in [-0.2, 0) is 14.8 Å². The van der Waals surface area contributed by atoms with Crippen LogP contribution in [0, 0.1) is 0 Å². The van der Waals surface area contributed by atoms with Gasteiger partial charge in [0, 0.05) is 5.02 Å². The molecule has 1 aliphatic rings. The second-order valence-electron chi connectivity index (χ2n) is 5.02. The van der Waals surface area contributed by atoms with Crippen molar-refractivity contribution in [3.05, 3.63) is 38.5 Å². The molecule has 0 bridgehead atoms. The first-order chi connectivity index (χ1) is 11.3. The summed E-state index contributed by atoms with van der Waals surface area (Å²) in [5.74, 6) is -0.484. The number of thiophene rings is 1. The number of carbonyl (C=O) groups is 2. The lowest BCUT2D eigenvalue weighted by Gasteiger charge is -2.35. The number of anilines is 2. The van der Waals surface area contributed by atoms with E-state index in [9.17, 15) is 18.0 Å². The third kappa shape index (κ3) is 2.69. The number of fused-ring (bicyclic) bond motifs is 1. The number of hydrogen-bond donors (Lipinski definition) is 1. The summed E-state index contributed by atoms with van der Waals surface area (Å²) in [4.78, 5) is 23.1. The molecule has 0 fully saturated rings. The molecule has 2 aromatic rings. The Morgan fingerprint density at radius 1 is 1.29 bits per heavy atom. The molecular formula is C14H10Cl2N2O4S2. The van der Waals surface area contributed by atoms with Gasteiger partial charge in [-0.15, -0.1) is 11.3 Å². The number of nitrogens with one attached hydrogen (secondary N) is 1. The van der Waals surface area contributed by atoms with Gasteiger partial charge in [-0.1, -0.05) is 23.2 Å². The summed E-state index contributed by atoms with van der Waals surface area (Å²) < 4.78 is 27.3. The van der Waals surface area contributed by atoms with Crippen LogP contribution in [0.3, 0.4) is 0 Å². The van der Waals surface area contributed by atoms with Crippen LogP contribution in [0.2, 0.25) is 9.36 Å². The van der Waals surface area contributed by atoms with E-state index in [1.807, 2.05) is 0 Å². The van der Waals surface area contributed by atoms with Gasteiger partial charge in [-0.3, -0.25) is 13.9 Å². The highest BCUT2D eigenvalue weighted by Gasteiger charge is 2.40. The molecule has 0 saturated heterocycles. The Morgan fingerprint density at radius 3 is 2.67 bits per heavy atom. The van der Waals surface area contributed by atoms with Crippen molar-refractivity contribution < 1.29 is 18.0 Å². The molecule has 3 rings (SSSR count). The third-order valence-electron chi connectivity index (χ3n) is 3.53. The minimum absolute atomic E-state index is 0.0261. The van der Waals surface area contributed by atoms with Crippen LogP contribution in [0.5, 0.6) is 0 Å². The lowest BCUT2D eigenvalue weighted by Crippen LogP contribution is -2.49. The maximum absolute atomic E-state index is 13.1. The summed E-state index contributed by atoms with van der Waals surface area (Å²) in [5, 5.41) is 2.94. The molecule has 1 N–H and O–H groups in total. The zero-order valence-electron chi connectivity index (χ0n) is 12.1. The molecule has 1 unspecified atom stereocenters. The zero-order valence-corrected chi connectivity index (χ0v) is 15.3. The first-order valence-corrected chi connectivity index (χ1v) is 9.66. The van der Waals surface area contributed by atoms with E-state index in [2.05, 4.69) is 5.32 Å². The van der Waals surface area contributed by atoms with Crippen LogP contribution in [0.25, 0.3) is 0 Å². The Bertz CT molecular complexity index is 956. The van der Waals surface area contributed by atoms with E-state index < -0.39 is 22.0 Å². The molecule has 10 heteroatoms. The number of carbonyl (C=O) groups excluding carboxylic acids is 2. The summed E-state index contributed by atoms with van der Waals surface area (Å²) >= 11 is 12.7. The number of hydrogen-bond acceptors (Lipinski definition) is 5. The van der Waals surface area contributed by atoms with Crippen molar-refractivity contribution >= 4 is 68.1 Å². The van der Waals surface area contributed by atoms with Gasteiger partial charge >= 0.3 is 0 Å². The largest absolute Gasteiger partial charge is 0.322 e. The fraction of sp³-hybridized carbons (Fsp3) is 0.143. The Morgan fingerprint density at radius 2 is 2.00 bits per heavy atom. The molecule has 0 radical (unpaired) electrons. The average molecular weight is 405 g/mol. The lowest BCUT2D eigenvalue weighted by atomic mass is 10.1. The highest BCUT2D eigenvalue weighted by atomic mass is 35.5. The Balaban J connectivity index is 2.25. The van der Waals surface area contributed by atoms with Crippen molar-refractivity contribution in [2.75, 3.05) is 9.62 Å². The highest BCUT2D eigenvalue weighted by molar-refractivity contribution is 7.93. The van der Waals surface area contributed by atoms with E-state index in [1.54, 1.807) is 6.07 Å². The van der Waals surface area contributed by atoms with Crippen LogP contribution < -0.4 is 9.62 Å². The van der Waals surface area contributed by atoms with Gasteiger partial charge in [0.1, 0.15) is 10.9 Å². The minimum atomic E-state index is -4.19. The number of nitrogens with zero attached hydrogens (tertiary/aromatic N) is 1. The zero-order chi connectivity index (χ0) is 17.6. The predicted octanol–water partition coefficient (Wildman–Crippen LogP) is 3.40. The molecule has 2 heterocycles. The van der Waals surface area contributed by atoms with Gasteiger partial charge in [-0.05, 0) is 31.2 Å². The van der Waals surface area contributed by atoms with Gasteiger partial charge in [0.05, 0.1) is 20.6 Å². The third-order valence-corrected chi connectivity index (χ3v) is 7.00. The standard InChI is InChI=1S/C14H10Cl2N2O4S2/c1-7-14(20)17-9-3-2-8(15)4-10(9)18(7)24(21,22)12-5-13(16)23-11(12)6-19/h2-7H,1H3,(H,17,20). The van der Waals surface area contributed by atoms with Crippen LogP contribution >= 0.6 is 34.5 Å². The quantitative estimate of drug-likeness (QED) is 0.794. The van der Waals surface area contributed by atoms with Crippen molar-refractivity contribution in [2.24, 2.45) is 0 Å². The van der Waals surface area contributed by atoms with Gasteiger partial charge in [0.2, 0.25) is 5.91 Å². The van der Waals surface area contributed by atoms with E-state index in [0.717, 1.165) is 15.6 Å². The molecule has 0 saturated carbocycles. The number of halogens is 2. The monoisotopic (exact) mass is 404 g/mol. The molecule has 1 aromatic carbocycles. The van der Waals surface area contributed by atoms with Crippen LogP contribution in [0.15, 0.2) is 29.2 Å². The fourth-order valence-corrected chi connectivity index (χ4v) is 5.83. The van der Waals surface area contributed by atoms with Crippen LogP contribution in [0.4, 0.5) is 11.4 Å². The van der Waals surface area contributed by atoms with Gasteiger partial charge in [0.25, 0.3) is 10.0 Å². The number of amides is 1. The van der Waals surface area contributed by atoms with Gasteiger partial charge < -0.3 is 5.32 Å². The normalized spacial score (nSPS) is 17.4. The first-order valence-electron chi connectivity index (χ1n) is 6.65. The number of sulfonamides is 1. The molecule has 0 spiro atoms. The Hall–Kier alpha value is -1.61. The van der Waals surface area contributed by atoms with Crippen LogP contribution in [0.1, 0.15) is 16.6 Å². The van der Waals surface area contributed by atoms with E-state index >= 15 is 0 Å². The summed E-state index contributed by atoms with van der Waals surface area (Å²) in [6.45, 7) is 1.45. The van der Waals surface area contributed by atoms with Crippen molar-refractivity contribution in [2.45, 2.75) is 17.9 Å². The fourth-order valence-electron chi connectivity index (χ4n) is 2.43. The average Bonchev–Trinajstić information content (AvgIpc) is 2.90. The molecule has 1 aliphatic heterocycles. The SMILES string of the molecule is CC1C(=O)Nc2ccc(Cl)cc2N1S(=O)(=O)c1cc(Cl)sc1C=O. The van der Waals surface area contributed by atoms with Crippen molar-refractivity contribution in [3.63, 3.8) is 0 Å². The minimum Gasteiger partial charge on any atom is -0.322 e. The Kier molecular flexibility index (Phi) is 4.33. The molecular weight excluding hydrogens is 395 g/mol. The maximum Gasteiger partial charge on any atom is 0.266 e. The number of benzene rings is 1. The number of aldehydes is 1. The molecule has 1 aromatic heterocycles. The molecule has 1 amide bonds. The van der Waals surface area contributed by atoms with E-state index in [-0.39, 0.29) is 19.8 Å². The maximum atomic E-state index is 13.1. The smallest absolute Gasteiger partial charge is 0.266 e. The predicted molar refractivity (Wildman–Crippen MR) is 93.9 cm³/mol. The molecule has 1 atom stereocenters. The van der Waals surface area contributed by atoms with Crippen molar-refractivity contribution in [1.29, 1.82) is 0 Å². The van der Waals surface area contributed by atoms with E-state index in [0.29, 0.717) is 17.0 Å². The number of rotatable bonds is 3. The van der Waals surface area contributed by atoms with E-state index in [1.165, 1.54) is 25.1 Å². The molecule has 24 heavy (non-hydrogen) atoms. The van der Waals surface area contributed by atoms with Gasteiger partial charge in [0.15, 0.2) is 6.29 Å². The molecule has 0 aliphatic carbocycles. The first kappa shape index (κ1) is 17.2. The second kappa shape index (κ2) is 6.03. The van der Waals surface area contributed by atoms with E-state index in [4.69, 9.17) is 23.2 Å². The van der Waals surface area contributed by atoms with Gasteiger partial charge in [-0.2, -0.15) is 0 Å². The van der Waals surface area contributed by atoms with Crippen molar-refractivity contribution in [1.82, 2.24) is 0 Å². The van der Waals surface area contributed by atoms with Gasteiger partial charge in [-0.25, -0.2) is 8.42 Å². The van der Waals surface area contributed by atoms with Crippen LogP contribution in [-0.4, -0.2) is 26.7 Å². The lowest BCUT2D eigenvalue weighted by molar-refractivity contribution is -0.117. The highest BCUT2D eigenvalue weighted by Crippen LogP contribution is 2.40. The second-order valence-corrected chi connectivity index (χ2v) is 8.96.